The summed E-state index contributed by atoms with van der Waals surface area (Å²) in [5.41, 5.74) is 6.60. The van der Waals surface area contributed by atoms with Crippen LogP contribution in [0.5, 0.6) is 0 Å². The highest BCUT2D eigenvalue weighted by Crippen LogP contribution is 2.20. The molecule has 0 aromatic heterocycles. The first-order chi connectivity index (χ1) is 6.20. The summed E-state index contributed by atoms with van der Waals surface area (Å²) >= 11 is 5.95. The molecular formula is C10H15ClN2. The molecule has 0 amide bonds. The molecule has 0 saturated heterocycles. The molecule has 1 unspecified atom stereocenters. The number of hydrogen-bond donors (Lipinski definition) is 2. The van der Waals surface area contributed by atoms with Gasteiger partial charge < -0.3 is 11.1 Å². The van der Waals surface area contributed by atoms with Crippen molar-refractivity contribution in [1.82, 2.24) is 0 Å². The Hall–Kier alpha value is -0.730. The molecule has 0 saturated carbocycles. The van der Waals surface area contributed by atoms with Gasteiger partial charge in [0.1, 0.15) is 0 Å². The lowest BCUT2D eigenvalue weighted by Crippen LogP contribution is -2.19. The van der Waals surface area contributed by atoms with Gasteiger partial charge in [-0.25, -0.2) is 0 Å². The fourth-order valence-electron chi connectivity index (χ4n) is 1.04. The van der Waals surface area contributed by atoms with Crippen molar-refractivity contribution >= 4 is 17.3 Å². The van der Waals surface area contributed by atoms with Gasteiger partial charge in [0.2, 0.25) is 0 Å². The summed E-state index contributed by atoms with van der Waals surface area (Å²) in [7, 11) is 0. The molecule has 1 aromatic rings. The maximum Gasteiger partial charge on any atom is 0.0637 e. The smallest absolute Gasteiger partial charge is 0.0637 e. The van der Waals surface area contributed by atoms with Crippen LogP contribution in [0.4, 0.5) is 5.69 Å². The van der Waals surface area contributed by atoms with E-state index in [-0.39, 0.29) is 6.04 Å². The third-order valence-corrected chi connectivity index (χ3v) is 2.12. The molecule has 3 heteroatoms. The summed E-state index contributed by atoms with van der Waals surface area (Å²) in [5, 5.41) is 3.99. The van der Waals surface area contributed by atoms with Crippen LogP contribution in [0, 0.1) is 0 Å². The number of rotatable bonds is 4. The summed E-state index contributed by atoms with van der Waals surface area (Å²) in [5.74, 6) is 0. The topological polar surface area (TPSA) is 38.0 Å². The highest BCUT2D eigenvalue weighted by molar-refractivity contribution is 6.33. The van der Waals surface area contributed by atoms with Crippen molar-refractivity contribution < 1.29 is 0 Å². The van der Waals surface area contributed by atoms with Gasteiger partial charge in [-0.2, -0.15) is 0 Å². The fraction of sp³-hybridized carbons (Fsp3) is 0.400. The average Bonchev–Trinajstić information content (AvgIpc) is 2.08. The lowest BCUT2D eigenvalue weighted by molar-refractivity contribution is 0.690. The van der Waals surface area contributed by atoms with E-state index in [1.807, 2.05) is 31.2 Å². The van der Waals surface area contributed by atoms with Gasteiger partial charge in [0.05, 0.1) is 10.7 Å². The second kappa shape index (κ2) is 5.10. The highest BCUT2D eigenvalue weighted by atomic mass is 35.5. The fourth-order valence-corrected chi connectivity index (χ4v) is 1.24. The Bertz CT molecular complexity index is 261. The minimum atomic E-state index is 0.231. The Morgan fingerprint density at radius 1 is 1.46 bits per heavy atom. The van der Waals surface area contributed by atoms with E-state index in [9.17, 15) is 0 Å². The molecule has 72 valence electrons. The predicted molar refractivity (Wildman–Crippen MR) is 58.2 cm³/mol. The van der Waals surface area contributed by atoms with Crippen molar-refractivity contribution in [3.05, 3.63) is 29.3 Å². The molecule has 0 spiro atoms. The average molecular weight is 199 g/mol. The van der Waals surface area contributed by atoms with Crippen LogP contribution in [0.2, 0.25) is 5.02 Å². The first-order valence-electron chi connectivity index (χ1n) is 4.44. The molecule has 3 N–H and O–H groups in total. The van der Waals surface area contributed by atoms with Crippen LogP contribution in [0.25, 0.3) is 0 Å². The van der Waals surface area contributed by atoms with Crippen molar-refractivity contribution in [3.63, 3.8) is 0 Å². The van der Waals surface area contributed by atoms with Crippen LogP contribution in [0.1, 0.15) is 13.3 Å². The van der Waals surface area contributed by atoms with Crippen LogP contribution in [0.15, 0.2) is 24.3 Å². The monoisotopic (exact) mass is 198 g/mol. The van der Waals surface area contributed by atoms with Crippen molar-refractivity contribution in [1.29, 1.82) is 0 Å². The molecule has 0 radical (unpaired) electrons. The van der Waals surface area contributed by atoms with E-state index in [1.54, 1.807) is 0 Å². The molecule has 0 bridgehead atoms. The number of nitrogens with two attached hydrogens (primary N) is 1. The first kappa shape index (κ1) is 10.4. The quantitative estimate of drug-likeness (QED) is 0.780. The SMILES string of the molecule is CC(N)CCNc1ccccc1Cl. The minimum Gasteiger partial charge on any atom is -0.384 e. The van der Waals surface area contributed by atoms with Gasteiger partial charge in [-0.15, -0.1) is 0 Å². The molecule has 0 aliphatic heterocycles. The molecule has 0 aliphatic carbocycles. The summed E-state index contributed by atoms with van der Waals surface area (Å²) in [6.45, 7) is 2.86. The number of benzene rings is 1. The lowest BCUT2D eigenvalue weighted by Gasteiger charge is -2.09. The second-order valence-electron chi connectivity index (χ2n) is 3.17. The molecule has 0 aliphatic rings. The number of nitrogens with one attached hydrogen (secondary N) is 1. The zero-order chi connectivity index (χ0) is 9.68. The van der Waals surface area contributed by atoms with Crippen LogP contribution < -0.4 is 11.1 Å². The van der Waals surface area contributed by atoms with Gasteiger partial charge in [0, 0.05) is 12.6 Å². The van der Waals surface area contributed by atoms with Crippen LogP contribution in [-0.4, -0.2) is 12.6 Å². The molecule has 13 heavy (non-hydrogen) atoms. The van der Waals surface area contributed by atoms with E-state index in [1.165, 1.54) is 0 Å². The maximum absolute atomic E-state index is 5.95. The van der Waals surface area contributed by atoms with Gasteiger partial charge >= 0.3 is 0 Å². The lowest BCUT2D eigenvalue weighted by atomic mass is 10.2. The third-order valence-electron chi connectivity index (χ3n) is 1.79. The normalized spacial score (nSPS) is 12.5. The van der Waals surface area contributed by atoms with E-state index in [0.29, 0.717) is 0 Å². The summed E-state index contributed by atoms with van der Waals surface area (Å²) in [6, 6.07) is 7.94. The maximum atomic E-state index is 5.95. The predicted octanol–water partition coefficient (Wildman–Crippen LogP) is 2.49. The Morgan fingerprint density at radius 2 is 2.15 bits per heavy atom. The third kappa shape index (κ3) is 3.66. The molecule has 1 aromatic carbocycles. The van der Waals surface area contributed by atoms with Gasteiger partial charge in [-0.1, -0.05) is 23.7 Å². The van der Waals surface area contributed by atoms with E-state index in [2.05, 4.69) is 5.32 Å². The number of halogens is 1. The summed E-state index contributed by atoms with van der Waals surface area (Å²) in [6.07, 6.45) is 0.950. The summed E-state index contributed by atoms with van der Waals surface area (Å²) in [4.78, 5) is 0. The van der Waals surface area contributed by atoms with Gasteiger partial charge in [0.25, 0.3) is 0 Å². The van der Waals surface area contributed by atoms with Crippen molar-refractivity contribution in [3.8, 4) is 0 Å². The number of hydrogen-bond acceptors (Lipinski definition) is 2. The molecule has 1 atom stereocenters. The Balaban J connectivity index is 2.41. The molecule has 1 rings (SSSR count). The van der Waals surface area contributed by atoms with Gasteiger partial charge in [-0.3, -0.25) is 0 Å². The zero-order valence-corrected chi connectivity index (χ0v) is 8.51. The van der Waals surface area contributed by atoms with E-state index in [0.717, 1.165) is 23.7 Å². The van der Waals surface area contributed by atoms with E-state index >= 15 is 0 Å². The Labute approximate surface area is 84.1 Å². The highest BCUT2D eigenvalue weighted by Gasteiger charge is 1.97. The standard InChI is InChI=1S/C10H15ClN2/c1-8(12)6-7-13-10-5-3-2-4-9(10)11/h2-5,8,13H,6-7,12H2,1H3. The van der Waals surface area contributed by atoms with Crippen LogP contribution in [0.3, 0.4) is 0 Å². The molecule has 2 nitrogen and oxygen atoms in total. The molecule has 0 fully saturated rings. The van der Waals surface area contributed by atoms with Crippen molar-refractivity contribution in [2.45, 2.75) is 19.4 Å². The second-order valence-corrected chi connectivity index (χ2v) is 3.58. The van der Waals surface area contributed by atoms with Gasteiger partial charge in [-0.05, 0) is 25.5 Å². The van der Waals surface area contributed by atoms with E-state index in [4.69, 9.17) is 17.3 Å². The summed E-state index contributed by atoms with van der Waals surface area (Å²) < 4.78 is 0. The molecule has 0 heterocycles. The first-order valence-corrected chi connectivity index (χ1v) is 4.82. The van der Waals surface area contributed by atoms with Crippen LogP contribution >= 0.6 is 11.6 Å². The number of anilines is 1. The number of para-hydroxylation sites is 1. The largest absolute Gasteiger partial charge is 0.384 e. The minimum absolute atomic E-state index is 0.231. The molecular weight excluding hydrogens is 184 g/mol. The van der Waals surface area contributed by atoms with Crippen LogP contribution in [-0.2, 0) is 0 Å². The van der Waals surface area contributed by atoms with E-state index < -0.39 is 0 Å². The van der Waals surface area contributed by atoms with Crippen molar-refractivity contribution in [2.24, 2.45) is 5.73 Å². The zero-order valence-electron chi connectivity index (χ0n) is 7.76. The Morgan fingerprint density at radius 3 is 2.77 bits per heavy atom. The van der Waals surface area contributed by atoms with Crippen molar-refractivity contribution in [2.75, 3.05) is 11.9 Å². The van der Waals surface area contributed by atoms with Gasteiger partial charge in [0.15, 0.2) is 0 Å². The Kier molecular flexibility index (Phi) is 4.06.